The zero-order valence-corrected chi connectivity index (χ0v) is 15.6. The molecule has 140 valence electrons. The van der Waals surface area contributed by atoms with Crippen LogP contribution in [0.5, 0.6) is 0 Å². The van der Waals surface area contributed by atoms with Crippen LogP contribution in [0.2, 0.25) is 0 Å². The van der Waals surface area contributed by atoms with E-state index in [4.69, 9.17) is 4.74 Å². The van der Waals surface area contributed by atoms with Gasteiger partial charge < -0.3 is 15.0 Å². The molecule has 3 rings (SSSR count). The molecule has 1 unspecified atom stereocenters. The molecule has 0 radical (unpaired) electrons. The number of aromatic amines is 1. The van der Waals surface area contributed by atoms with E-state index in [1.54, 1.807) is 11.0 Å². The van der Waals surface area contributed by atoms with Gasteiger partial charge in [0.15, 0.2) is 9.84 Å². The molecule has 10 heteroatoms. The van der Waals surface area contributed by atoms with Crippen molar-refractivity contribution in [1.82, 2.24) is 20.1 Å². The number of benzene rings is 1. The number of amides is 2. The number of ether oxygens (including phenoxy) is 1. The van der Waals surface area contributed by atoms with Crippen LogP contribution in [0, 0.1) is 13.8 Å². The lowest BCUT2D eigenvalue weighted by molar-refractivity contribution is 0.0118. The maximum atomic E-state index is 12.8. The van der Waals surface area contributed by atoms with Gasteiger partial charge in [0.05, 0.1) is 18.1 Å². The van der Waals surface area contributed by atoms with Crippen molar-refractivity contribution in [2.75, 3.05) is 31.3 Å². The van der Waals surface area contributed by atoms with E-state index in [2.05, 4.69) is 20.5 Å². The van der Waals surface area contributed by atoms with Gasteiger partial charge in [-0.25, -0.2) is 18.2 Å². The van der Waals surface area contributed by atoms with E-state index in [9.17, 15) is 13.2 Å². The minimum absolute atomic E-state index is 0.171. The van der Waals surface area contributed by atoms with Crippen molar-refractivity contribution in [3.05, 3.63) is 35.4 Å². The van der Waals surface area contributed by atoms with Gasteiger partial charge in [-0.3, -0.25) is 5.10 Å². The molecule has 1 aliphatic heterocycles. The highest BCUT2D eigenvalue weighted by atomic mass is 32.2. The Morgan fingerprint density at radius 1 is 1.38 bits per heavy atom. The summed E-state index contributed by atoms with van der Waals surface area (Å²) in [6.07, 6.45) is 2.52. The van der Waals surface area contributed by atoms with Crippen LogP contribution in [-0.2, 0) is 14.6 Å². The largest absolute Gasteiger partial charge is 0.377 e. The zero-order chi connectivity index (χ0) is 18.9. The predicted molar refractivity (Wildman–Crippen MR) is 94.7 cm³/mol. The van der Waals surface area contributed by atoms with E-state index < -0.39 is 9.84 Å². The fourth-order valence-electron chi connectivity index (χ4n) is 2.81. The highest BCUT2D eigenvalue weighted by Gasteiger charge is 2.31. The summed E-state index contributed by atoms with van der Waals surface area (Å²) in [5, 5.41) is 9.42. The first-order valence-electron chi connectivity index (χ1n) is 8.09. The van der Waals surface area contributed by atoms with Crippen molar-refractivity contribution in [3.63, 3.8) is 0 Å². The quantitative estimate of drug-likeness (QED) is 0.833. The maximum absolute atomic E-state index is 12.8. The fraction of sp³-hybridized carbons (Fsp3) is 0.438. The van der Waals surface area contributed by atoms with E-state index in [1.165, 1.54) is 12.4 Å². The molecule has 1 saturated heterocycles. The molecule has 0 spiro atoms. The third-order valence-electron chi connectivity index (χ3n) is 4.45. The number of carbonyl (C=O) groups is 1. The number of hydrogen-bond acceptors (Lipinski definition) is 6. The van der Waals surface area contributed by atoms with Crippen molar-refractivity contribution in [2.24, 2.45) is 0 Å². The molecule has 1 atom stereocenters. The highest BCUT2D eigenvalue weighted by molar-refractivity contribution is 7.90. The van der Waals surface area contributed by atoms with Crippen LogP contribution < -0.4 is 5.32 Å². The molecule has 2 amide bonds. The van der Waals surface area contributed by atoms with Crippen LogP contribution in [-0.4, -0.2) is 60.5 Å². The van der Waals surface area contributed by atoms with Gasteiger partial charge in [-0.15, -0.1) is 0 Å². The fourth-order valence-corrected chi connectivity index (χ4v) is 3.53. The first kappa shape index (κ1) is 18.3. The second kappa shape index (κ2) is 7.04. The Labute approximate surface area is 151 Å². The van der Waals surface area contributed by atoms with Crippen molar-refractivity contribution in [2.45, 2.75) is 24.8 Å². The smallest absolute Gasteiger partial charge is 0.322 e. The molecule has 2 heterocycles. The van der Waals surface area contributed by atoms with Crippen LogP contribution in [0.3, 0.4) is 0 Å². The van der Waals surface area contributed by atoms with E-state index in [1.807, 2.05) is 13.8 Å². The number of aryl methyl sites for hydroxylation is 1. The van der Waals surface area contributed by atoms with Crippen LogP contribution in [0.25, 0.3) is 0 Å². The van der Waals surface area contributed by atoms with Crippen molar-refractivity contribution < 1.29 is 17.9 Å². The van der Waals surface area contributed by atoms with Gasteiger partial charge >= 0.3 is 6.03 Å². The summed E-state index contributed by atoms with van der Waals surface area (Å²) < 4.78 is 29.2. The summed E-state index contributed by atoms with van der Waals surface area (Å²) >= 11 is 0. The van der Waals surface area contributed by atoms with Crippen LogP contribution in [0.1, 0.15) is 23.0 Å². The number of morpholine rings is 1. The van der Waals surface area contributed by atoms with Crippen LogP contribution >= 0.6 is 0 Å². The zero-order valence-electron chi connectivity index (χ0n) is 14.8. The highest BCUT2D eigenvalue weighted by Crippen LogP contribution is 2.26. The molecule has 26 heavy (non-hydrogen) atoms. The molecule has 2 N–H and O–H groups in total. The Morgan fingerprint density at radius 2 is 2.15 bits per heavy atom. The number of urea groups is 1. The number of anilines is 1. The molecular weight excluding hydrogens is 358 g/mol. The summed E-state index contributed by atoms with van der Waals surface area (Å²) in [4.78, 5) is 18.7. The Morgan fingerprint density at radius 3 is 2.81 bits per heavy atom. The van der Waals surface area contributed by atoms with Crippen LogP contribution in [0.4, 0.5) is 10.5 Å². The summed E-state index contributed by atoms with van der Waals surface area (Å²) in [5.41, 5.74) is 2.07. The second-order valence-electron chi connectivity index (χ2n) is 6.27. The summed E-state index contributed by atoms with van der Waals surface area (Å²) in [5.74, 6) is 0.539. The van der Waals surface area contributed by atoms with Crippen molar-refractivity contribution in [1.29, 1.82) is 0 Å². The van der Waals surface area contributed by atoms with Crippen molar-refractivity contribution in [3.8, 4) is 0 Å². The number of aromatic nitrogens is 3. The minimum atomic E-state index is -3.38. The lowest BCUT2D eigenvalue weighted by Gasteiger charge is -2.34. The normalized spacial score (nSPS) is 18.0. The van der Waals surface area contributed by atoms with Gasteiger partial charge in [-0.2, -0.15) is 5.10 Å². The SMILES string of the molecule is Cc1cc(S(C)(=O)=O)cc(NC(=O)N2CCOCC2c2ncn[nH]2)c1C. The standard InChI is InChI=1S/C16H21N5O4S/c1-10-6-12(26(3,23)24)7-13(11(10)2)19-16(22)21-4-5-25-8-14(21)15-17-9-18-20-15/h6-7,9,14H,4-5,8H2,1-3H3,(H,19,22)(H,17,18,20). The number of carbonyl (C=O) groups excluding carboxylic acids is 1. The van der Waals surface area contributed by atoms with E-state index in [0.717, 1.165) is 17.4 Å². The molecule has 2 aromatic rings. The van der Waals surface area contributed by atoms with E-state index in [0.29, 0.717) is 31.3 Å². The van der Waals surface area contributed by atoms with E-state index >= 15 is 0 Å². The average Bonchev–Trinajstić information content (AvgIpc) is 3.12. The molecule has 0 bridgehead atoms. The molecule has 1 aromatic carbocycles. The minimum Gasteiger partial charge on any atom is -0.377 e. The molecule has 0 aliphatic carbocycles. The summed E-state index contributed by atoms with van der Waals surface area (Å²) in [6, 6.07) is 2.36. The topological polar surface area (TPSA) is 117 Å². The van der Waals surface area contributed by atoms with Gasteiger partial charge in [0, 0.05) is 18.5 Å². The maximum Gasteiger partial charge on any atom is 0.322 e. The summed E-state index contributed by atoms with van der Waals surface area (Å²) in [7, 11) is -3.38. The predicted octanol–water partition coefficient (Wildman–Crippen LogP) is 1.43. The molecule has 9 nitrogen and oxygen atoms in total. The number of nitrogens with one attached hydrogen (secondary N) is 2. The van der Waals surface area contributed by atoms with Gasteiger partial charge in [-0.1, -0.05) is 0 Å². The number of H-pyrrole nitrogens is 1. The Bertz CT molecular complexity index is 911. The third kappa shape index (κ3) is 3.70. The monoisotopic (exact) mass is 379 g/mol. The average molecular weight is 379 g/mol. The Hall–Kier alpha value is -2.46. The molecule has 1 aromatic heterocycles. The second-order valence-corrected chi connectivity index (χ2v) is 8.29. The third-order valence-corrected chi connectivity index (χ3v) is 5.54. The molecule has 1 aliphatic rings. The number of hydrogen-bond donors (Lipinski definition) is 2. The molecule has 0 saturated carbocycles. The first-order chi connectivity index (χ1) is 12.3. The van der Waals surface area contributed by atoms with E-state index in [-0.39, 0.29) is 17.0 Å². The lowest BCUT2D eigenvalue weighted by atomic mass is 10.1. The first-order valence-corrected chi connectivity index (χ1v) is 9.98. The number of sulfone groups is 1. The Balaban J connectivity index is 1.88. The van der Waals surface area contributed by atoms with Gasteiger partial charge in [0.2, 0.25) is 0 Å². The van der Waals surface area contributed by atoms with Gasteiger partial charge in [0.1, 0.15) is 18.2 Å². The van der Waals surface area contributed by atoms with Crippen molar-refractivity contribution >= 4 is 21.6 Å². The number of nitrogens with zero attached hydrogens (tertiary/aromatic N) is 3. The van der Waals surface area contributed by atoms with Gasteiger partial charge in [-0.05, 0) is 37.1 Å². The summed E-state index contributed by atoms with van der Waals surface area (Å²) in [6.45, 7) is 4.76. The lowest BCUT2D eigenvalue weighted by Crippen LogP contribution is -2.46. The van der Waals surface area contributed by atoms with Gasteiger partial charge in [0.25, 0.3) is 0 Å². The number of rotatable bonds is 3. The molecule has 1 fully saturated rings. The van der Waals surface area contributed by atoms with Crippen LogP contribution in [0.15, 0.2) is 23.4 Å². The Kier molecular flexibility index (Phi) is 4.97. The molecular formula is C16H21N5O4S.